The SMILES string of the molecule is COc1cc2c(cc1CN1CCCC1c1cncc(Nc3ncccc3C)n1)CCC2. The van der Waals surface area contributed by atoms with Crippen LogP contribution < -0.4 is 10.1 Å². The number of methoxy groups -OCH3 is 1. The van der Waals surface area contributed by atoms with Gasteiger partial charge in [-0.05, 0) is 74.4 Å². The number of pyridine rings is 1. The predicted octanol–water partition coefficient (Wildman–Crippen LogP) is 4.76. The Balaban J connectivity index is 1.37. The number of nitrogens with zero attached hydrogens (tertiary/aromatic N) is 4. The van der Waals surface area contributed by atoms with E-state index in [0.717, 1.165) is 54.6 Å². The Morgan fingerprint density at radius 2 is 2.03 bits per heavy atom. The predicted molar refractivity (Wildman–Crippen MR) is 122 cm³/mol. The standard InChI is InChI=1S/C25H29N5O/c1-17-6-4-10-27-25(17)29-24-15-26-14-21(28-24)22-9-5-11-30(22)16-20-12-18-7-3-8-19(18)13-23(20)31-2/h4,6,10,12-15,22H,3,5,7-9,11,16H2,1-2H3,(H,27,28,29). The number of ether oxygens (including phenoxy) is 1. The minimum Gasteiger partial charge on any atom is -0.496 e. The van der Waals surface area contributed by atoms with Crippen molar-refractivity contribution in [2.75, 3.05) is 19.0 Å². The van der Waals surface area contributed by atoms with Crippen molar-refractivity contribution in [1.29, 1.82) is 0 Å². The molecule has 1 N–H and O–H groups in total. The summed E-state index contributed by atoms with van der Waals surface area (Å²) in [6.45, 7) is 3.97. The Hall–Kier alpha value is -2.99. The average Bonchev–Trinajstić information content (AvgIpc) is 3.44. The first kappa shape index (κ1) is 19.9. The molecule has 3 aromatic rings. The molecular weight excluding hydrogens is 386 g/mol. The van der Waals surface area contributed by atoms with Gasteiger partial charge in [-0.15, -0.1) is 0 Å². The van der Waals surface area contributed by atoms with Gasteiger partial charge in [-0.1, -0.05) is 12.1 Å². The van der Waals surface area contributed by atoms with E-state index < -0.39 is 0 Å². The first-order chi connectivity index (χ1) is 15.2. The molecule has 1 aliphatic carbocycles. The molecule has 1 aromatic carbocycles. The van der Waals surface area contributed by atoms with Gasteiger partial charge in [-0.25, -0.2) is 9.97 Å². The van der Waals surface area contributed by atoms with Crippen molar-refractivity contribution in [1.82, 2.24) is 19.9 Å². The Morgan fingerprint density at radius 1 is 1.16 bits per heavy atom. The number of benzene rings is 1. The molecule has 5 rings (SSSR count). The summed E-state index contributed by atoms with van der Waals surface area (Å²) in [5.41, 5.74) is 6.31. The number of aromatic nitrogens is 3. The Morgan fingerprint density at radius 3 is 2.87 bits per heavy atom. The second-order valence-corrected chi connectivity index (χ2v) is 8.54. The number of aryl methyl sites for hydroxylation is 3. The largest absolute Gasteiger partial charge is 0.496 e. The van der Waals surface area contributed by atoms with Crippen LogP contribution in [0.15, 0.2) is 42.9 Å². The van der Waals surface area contributed by atoms with Gasteiger partial charge in [0.2, 0.25) is 0 Å². The van der Waals surface area contributed by atoms with E-state index in [4.69, 9.17) is 9.72 Å². The van der Waals surface area contributed by atoms with E-state index in [1.165, 1.54) is 36.0 Å². The van der Waals surface area contributed by atoms with Gasteiger partial charge in [-0.2, -0.15) is 0 Å². The van der Waals surface area contributed by atoms with Crippen LogP contribution in [0.5, 0.6) is 5.75 Å². The molecule has 1 atom stereocenters. The quantitative estimate of drug-likeness (QED) is 0.626. The number of rotatable bonds is 6. The number of anilines is 2. The van der Waals surface area contributed by atoms with Gasteiger partial charge in [0, 0.05) is 18.3 Å². The van der Waals surface area contributed by atoms with E-state index in [0.29, 0.717) is 0 Å². The van der Waals surface area contributed by atoms with Crippen LogP contribution in [0.4, 0.5) is 11.6 Å². The summed E-state index contributed by atoms with van der Waals surface area (Å²) < 4.78 is 5.75. The van der Waals surface area contributed by atoms with Crippen molar-refractivity contribution in [3.63, 3.8) is 0 Å². The van der Waals surface area contributed by atoms with Gasteiger partial charge in [0.1, 0.15) is 17.4 Å². The zero-order chi connectivity index (χ0) is 21.2. The van der Waals surface area contributed by atoms with E-state index in [1.54, 1.807) is 19.5 Å². The molecule has 31 heavy (non-hydrogen) atoms. The summed E-state index contributed by atoms with van der Waals surface area (Å²) in [5.74, 6) is 2.57. The molecule has 0 bridgehead atoms. The summed E-state index contributed by atoms with van der Waals surface area (Å²) in [6, 6.07) is 8.85. The molecule has 0 radical (unpaired) electrons. The molecular formula is C25H29N5O. The van der Waals surface area contributed by atoms with Crippen LogP contribution in [0.1, 0.15) is 53.3 Å². The summed E-state index contributed by atoms with van der Waals surface area (Å²) in [7, 11) is 1.78. The van der Waals surface area contributed by atoms with Crippen molar-refractivity contribution in [2.24, 2.45) is 0 Å². The molecule has 1 aliphatic heterocycles. The van der Waals surface area contributed by atoms with Gasteiger partial charge in [-0.3, -0.25) is 9.88 Å². The van der Waals surface area contributed by atoms with Crippen LogP contribution in [-0.2, 0) is 19.4 Å². The molecule has 0 saturated carbocycles. The highest BCUT2D eigenvalue weighted by atomic mass is 16.5. The number of hydrogen-bond donors (Lipinski definition) is 1. The van der Waals surface area contributed by atoms with Crippen LogP contribution in [-0.4, -0.2) is 33.5 Å². The van der Waals surface area contributed by atoms with Crippen molar-refractivity contribution in [2.45, 2.75) is 51.6 Å². The normalized spacial score (nSPS) is 18.2. The molecule has 0 spiro atoms. The summed E-state index contributed by atoms with van der Waals surface area (Å²) in [4.78, 5) is 16.3. The Kier molecular flexibility index (Phi) is 5.55. The Labute approximate surface area is 183 Å². The second kappa shape index (κ2) is 8.63. The zero-order valence-electron chi connectivity index (χ0n) is 18.3. The second-order valence-electron chi connectivity index (χ2n) is 8.54. The molecule has 6 nitrogen and oxygen atoms in total. The first-order valence-corrected chi connectivity index (χ1v) is 11.1. The number of nitrogens with one attached hydrogen (secondary N) is 1. The van der Waals surface area contributed by atoms with E-state index in [2.05, 4.69) is 32.3 Å². The minimum atomic E-state index is 0.261. The molecule has 0 amide bonds. The van der Waals surface area contributed by atoms with Gasteiger partial charge >= 0.3 is 0 Å². The van der Waals surface area contributed by atoms with E-state index >= 15 is 0 Å². The van der Waals surface area contributed by atoms with Crippen molar-refractivity contribution < 1.29 is 4.74 Å². The van der Waals surface area contributed by atoms with E-state index in [-0.39, 0.29) is 6.04 Å². The van der Waals surface area contributed by atoms with Crippen LogP contribution in [0.3, 0.4) is 0 Å². The van der Waals surface area contributed by atoms with Crippen molar-refractivity contribution in [3.8, 4) is 5.75 Å². The number of fused-ring (bicyclic) bond motifs is 1. The topological polar surface area (TPSA) is 63.2 Å². The molecule has 2 aromatic heterocycles. The highest BCUT2D eigenvalue weighted by Gasteiger charge is 2.29. The fourth-order valence-electron chi connectivity index (χ4n) is 4.87. The van der Waals surface area contributed by atoms with Gasteiger partial charge in [0.05, 0.1) is 31.2 Å². The van der Waals surface area contributed by atoms with Crippen LogP contribution >= 0.6 is 0 Å². The van der Waals surface area contributed by atoms with Gasteiger partial charge < -0.3 is 10.1 Å². The number of hydrogen-bond acceptors (Lipinski definition) is 6. The summed E-state index contributed by atoms with van der Waals surface area (Å²) in [6.07, 6.45) is 11.3. The molecule has 1 fully saturated rings. The first-order valence-electron chi connectivity index (χ1n) is 11.1. The zero-order valence-corrected chi connectivity index (χ0v) is 18.3. The maximum atomic E-state index is 5.75. The molecule has 160 valence electrons. The highest BCUT2D eigenvalue weighted by Crippen LogP contribution is 2.36. The number of likely N-dealkylation sites (tertiary alicyclic amines) is 1. The lowest BCUT2D eigenvalue weighted by molar-refractivity contribution is 0.240. The van der Waals surface area contributed by atoms with Crippen molar-refractivity contribution >= 4 is 11.6 Å². The lowest BCUT2D eigenvalue weighted by Gasteiger charge is -2.25. The monoisotopic (exact) mass is 415 g/mol. The third-order valence-corrected chi connectivity index (χ3v) is 6.48. The maximum Gasteiger partial charge on any atom is 0.150 e. The van der Waals surface area contributed by atoms with Gasteiger partial charge in [0.25, 0.3) is 0 Å². The highest BCUT2D eigenvalue weighted by molar-refractivity contribution is 5.54. The fourth-order valence-corrected chi connectivity index (χ4v) is 4.87. The third kappa shape index (κ3) is 4.12. The lowest BCUT2D eigenvalue weighted by atomic mass is 10.0. The van der Waals surface area contributed by atoms with E-state index in [1.807, 2.05) is 25.3 Å². The fraction of sp³-hybridized carbons (Fsp3) is 0.400. The third-order valence-electron chi connectivity index (χ3n) is 6.48. The summed E-state index contributed by atoms with van der Waals surface area (Å²) in [5, 5.41) is 3.32. The van der Waals surface area contributed by atoms with E-state index in [9.17, 15) is 0 Å². The average molecular weight is 416 g/mol. The minimum absolute atomic E-state index is 0.261. The van der Waals surface area contributed by atoms with Gasteiger partial charge in [0.15, 0.2) is 0 Å². The lowest BCUT2D eigenvalue weighted by Crippen LogP contribution is -2.24. The van der Waals surface area contributed by atoms with Crippen LogP contribution in [0.25, 0.3) is 0 Å². The molecule has 2 aliphatic rings. The molecule has 1 saturated heterocycles. The molecule has 1 unspecified atom stereocenters. The van der Waals surface area contributed by atoms with Crippen LogP contribution in [0.2, 0.25) is 0 Å². The molecule has 6 heteroatoms. The smallest absolute Gasteiger partial charge is 0.150 e. The Bertz CT molecular complexity index is 1080. The summed E-state index contributed by atoms with van der Waals surface area (Å²) >= 11 is 0. The maximum absolute atomic E-state index is 5.75. The van der Waals surface area contributed by atoms with Crippen LogP contribution in [0, 0.1) is 6.92 Å². The van der Waals surface area contributed by atoms with Crippen molar-refractivity contribution in [3.05, 3.63) is 70.8 Å². The molecule has 3 heterocycles.